The second-order valence-electron chi connectivity index (χ2n) is 28.4. The molecule has 34 atom stereocenters. The first kappa shape index (κ1) is 66.6. The molecule has 0 bridgehead atoms. The van der Waals surface area contributed by atoms with Crippen LogP contribution in [0.2, 0.25) is 0 Å². The topological polar surface area (TPSA) is 450 Å². The Hall–Kier alpha value is -2.28. The third kappa shape index (κ3) is 10.8. The van der Waals surface area contributed by atoms with Crippen LogP contribution in [0.5, 0.6) is 0 Å². The lowest BCUT2D eigenvalue weighted by Gasteiger charge is -2.72. The van der Waals surface area contributed by atoms with Gasteiger partial charge in [0.2, 0.25) is 6.29 Å². The third-order valence-electron chi connectivity index (χ3n) is 22.6. The number of ether oxygens (including phenoxy) is 10. The zero-order valence-corrected chi connectivity index (χ0v) is 49.7. The lowest BCUT2D eigenvalue weighted by Crippen LogP contribution is -2.72. The molecule has 5 saturated heterocycles. The summed E-state index contributed by atoms with van der Waals surface area (Å²) < 4.78 is 58.7. The molecule has 0 radical (unpaired) electrons. The summed E-state index contributed by atoms with van der Waals surface area (Å²) in [5.74, 6) is -3.71. The van der Waals surface area contributed by atoms with Crippen molar-refractivity contribution in [3.8, 4) is 0 Å². The van der Waals surface area contributed by atoms with Crippen LogP contribution in [0.3, 0.4) is 0 Å². The molecule has 10 rings (SSSR count). The number of carbonyl (C=O) groups excluding carboxylic acids is 1. The fourth-order valence-corrected chi connectivity index (χ4v) is 17.7. The van der Waals surface area contributed by atoms with Crippen LogP contribution in [0, 0.1) is 50.2 Å². The fourth-order valence-electron chi connectivity index (χ4n) is 17.7. The highest BCUT2D eigenvalue weighted by Crippen LogP contribution is 2.76. The Morgan fingerprint density at radius 3 is 1.77 bits per heavy atom. The highest BCUT2D eigenvalue weighted by Gasteiger charge is 2.73. The van der Waals surface area contributed by atoms with Gasteiger partial charge in [0.1, 0.15) is 85.5 Å². The van der Waals surface area contributed by atoms with Crippen LogP contribution in [-0.2, 0) is 57.0 Å². The molecule has 10 aliphatic rings. The number of hydrogen-bond donors (Lipinski definition) is 16. The van der Waals surface area contributed by atoms with Gasteiger partial charge in [0.25, 0.3) is 0 Å². The van der Waals surface area contributed by atoms with Gasteiger partial charge in [-0.15, -0.1) is 0 Å². The van der Waals surface area contributed by atoms with Crippen molar-refractivity contribution in [3.63, 3.8) is 0 Å². The van der Waals surface area contributed by atoms with Crippen molar-refractivity contribution >= 4 is 11.9 Å². The number of esters is 1. The van der Waals surface area contributed by atoms with Gasteiger partial charge in [-0.05, 0) is 98.7 Å². The number of rotatable bonds is 12. The van der Waals surface area contributed by atoms with Crippen LogP contribution >= 0.6 is 0 Å². The van der Waals surface area contributed by atoms with Gasteiger partial charge in [-0.2, -0.15) is 0 Å². The molecule has 5 aliphatic carbocycles. The summed E-state index contributed by atoms with van der Waals surface area (Å²) in [7, 11) is 0. The van der Waals surface area contributed by atoms with Crippen LogP contribution in [0.4, 0.5) is 0 Å². The van der Waals surface area contributed by atoms with Crippen LogP contribution in [-0.4, -0.2) is 273 Å². The molecule has 16 N–H and O–H groups in total. The molecule has 492 valence electrons. The Bertz CT molecular complexity index is 2470. The number of carboxylic acids is 1. The summed E-state index contributed by atoms with van der Waals surface area (Å²) in [4.78, 5) is 27.4. The standard InChI is InChI=1S/C58H92O28/c1-21-30(64)32(66)36(70)48(79-21)82-41-28(63)19-77-47(39(41)73)81-40-22(2)80-49(38(72)35(40)69)84-43-31(65)27(62)18-78-51(43)86-52(76)58-13-11-53(3,4)15-24(58)23-9-10-29-54(5)16-26(61)45(85-50-37(71)33(67)34(68)42(83-50)46(74)75)55(6,20-59)44(54)25(60)17-57(29,8)56(23,7)12-14-58/h9,21-22,24-45,47-51,59-73H,10-20H2,1-8H3,(H,74,75). The molecule has 0 aromatic carbocycles. The maximum atomic E-state index is 15.4. The Morgan fingerprint density at radius 2 is 1.12 bits per heavy atom. The number of allylic oxidation sites excluding steroid dienone is 2. The number of fused-ring (bicyclic) bond motifs is 7. The molecule has 4 saturated carbocycles. The maximum absolute atomic E-state index is 15.4. The van der Waals surface area contributed by atoms with E-state index in [0.717, 1.165) is 5.57 Å². The summed E-state index contributed by atoms with van der Waals surface area (Å²) in [6, 6.07) is 0. The number of aliphatic hydroxyl groups is 15. The summed E-state index contributed by atoms with van der Waals surface area (Å²) in [5.41, 5.74) is -4.15. The Labute approximate surface area is 497 Å². The normalized spacial score (nSPS) is 55.6. The number of hydrogen-bond acceptors (Lipinski definition) is 27. The Kier molecular flexibility index (Phi) is 18.6. The molecule has 9 fully saturated rings. The van der Waals surface area contributed by atoms with Crippen LogP contribution < -0.4 is 0 Å². The molecule has 0 aromatic heterocycles. The average molecular weight is 1240 g/mol. The van der Waals surface area contributed by atoms with E-state index in [9.17, 15) is 86.5 Å². The predicted molar refractivity (Wildman–Crippen MR) is 285 cm³/mol. The van der Waals surface area contributed by atoms with Crippen molar-refractivity contribution in [1.82, 2.24) is 0 Å². The van der Waals surface area contributed by atoms with Gasteiger partial charge in [0, 0.05) is 11.3 Å². The van der Waals surface area contributed by atoms with E-state index in [-0.39, 0.29) is 24.2 Å². The summed E-state index contributed by atoms with van der Waals surface area (Å²) in [5, 5.41) is 177. The molecule has 34 unspecified atom stereocenters. The average Bonchev–Trinajstić information content (AvgIpc) is 0.673. The van der Waals surface area contributed by atoms with Crippen LogP contribution in [0.15, 0.2) is 11.6 Å². The number of aliphatic carboxylic acids is 1. The largest absolute Gasteiger partial charge is 0.479 e. The summed E-state index contributed by atoms with van der Waals surface area (Å²) in [6.45, 7) is 13.4. The van der Waals surface area contributed by atoms with E-state index in [1.54, 1.807) is 6.92 Å². The first-order valence-electron chi connectivity index (χ1n) is 30.2. The van der Waals surface area contributed by atoms with Crippen LogP contribution in [0.1, 0.15) is 107 Å². The highest BCUT2D eigenvalue weighted by atomic mass is 16.8. The van der Waals surface area contributed by atoms with Crippen molar-refractivity contribution in [2.45, 2.75) is 266 Å². The quantitative estimate of drug-likeness (QED) is 0.0505. The number of aliphatic hydroxyl groups excluding tert-OH is 15. The van der Waals surface area contributed by atoms with Gasteiger partial charge in [-0.3, -0.25) is 4.79 Å². The number of carbonyl (C=O) groups is 2. The van der Waals surface area contributed by atoms with Crippen molar-refractivity contribution in [3.05, 3.63) is 11.6 Å². The molecule has 5 heterocycles. The molecule has 0 aromatic rings. The molecule has 0 spiro atoms. The minimum atomic E-state index is -1.99. The monoisotopic (exact) mass is 1240 g/mol. The van der Waals surface area contributed by atoms with Gasteiger partial charge in [0.05, 0.1) is 55.8 Å². The molecule has 5 aliphatic heterocycles. The third-order valence-corrected chi connectivity index (χ3v) is 22.6. The smallest absolute Gasteiger partial charge is 0.335 e. The Balaban J connectivity index is 0.854. The second kappa shape index (κ2) is 24.0. The van der Waals surface area contributed by atoms with E-state index in [1.807, 2.05) is 6.92 Å². The van der Waals surface area contributed by atoms with Crippen molar-refractivity contribution < 1.29 is 139 Å². The minimum Gasteiger partial charge on any atom is -0.479 e. The van der Waals surface area contributed by atoms with E-state index < -0.39 is 230 Å². The lowest BCUT2D eigenvalue weighted by atomic mass is 9.33. The number of carboxylic acid groups (broad SMARTS) is 1. The minimum absolute atomic E-state index is 0.0322. The van der Waals surface area contributed by atoms with E-state index in [1.165, 1.54) is 13.8 Å². The van der Waals surface area contributed by atoms with E-state index >= 15 is 4.79 Å². The fraction of sp³-hybridized carbons (Fsp3) is 0.931. The second-order valence-corrected chi connectivity index (χ2v) is 28.4. The maximum Gasteiger partial charge on any atom is 0.335 e. The first-order chi connectivity index (χ1) is 40.1. The van der Waals surface area contributed by atoms with E-state index in [2.05, 4.69) is 33.8 Å². The zero-order valence-electron chi connectivity index (χ0n) is 49.7. The molecule has 0 amide bonds. The van der Waals surface area contributed by atoms with E-state index in [4.69, 9.17) is 47.4 Å². The summed E-state index contributed by atoms with van der Waals surface area (Å²) in [6.07, 6.45) is -37.5. The van der Waals surface area contributed by atoms with Crippen molar-refractivity contribution in [1.29, 1.82) is 0 Å². The van der Waals surface area contributed by atoms with Gasteiger partial charge in [0.15, 0.2) is 37.4 Å². The molecular formula is C58H92O28. The molecule has 28 heteroatoms. The highest BCUT2D eigenvalue weighted by molar-refractivity contribution is 5.79. The van der Waals surface area contributed by atoms with Gasteiger partial charge >= 0.3 is 11.9 Å². The van der Waals surface area contributed by atoms with Crippen molar-refractivity contribution in [2.75, 3.05) is 19.8 Å². The SMILES string of the molecule is CC1OC(OC2C(O)COC(OC3C(C)OC(OC4C(OC(=O)C56CCC(C)(C)CC5C5=CCC7C8(C)CC(O)C(OC9OC(C(=O)O)C(O)C(O)C9O)C(C)(CO)C8C(O)CC7(C)C5(C)CC6)OCC(O)C4O)C(O)C3O)C2O)C(O)C(O)C1O. The van der Waals surface area contributed by atoms with Gasteiger partial charge in [-0.25, -0.2) is 4.79 Å². The molecular weight excluding hydrogens is 1140 g/mol. The van der Waals surface area contributed by atoms with Gasteiger partial charge in [-0.1, -0.05) is 53.2 Å². The van der Waals surface area contributed by atoms with Crippen molar-refractivity contribution in [2.24, 2.45) is 50.2 Å². The predicted octanol–water partition coefficient (Wildman–Crippen LogP) is -3.87. The Morgan fingerprint density at radius 1 is 0.547 bits per heavy atom. The van der Waals surface area contributed by atoms with E-state index in [0.29, 0.717) is 38.5 Å². The first-order valence-corrected chi connectivity index (χ1v) is 30.2. The summed E-state index contributed by atoms with van der Waals surface area (Å²) >= 11 is 0. The zero-order chi connectivity index (χ0) is 63.0. The molecule has 28 nitrogen and oxygen atoms in total. The molecule has 86 heavy (non-hydrogen) atoms. The lowest BCUT2D eigenvalue weighted by molar-refractivity contribution is -0.377. The van der Waals surface area contributed by atoms with Gasteiger partial charge < -0.3 is 129 Å². The van der Waals surface area contributed by atoms with Crippen LogP contribution in [0.25, 0.3) is 0 Å².